The molecule has 0 aliphatic carbocycles. The first-order valence-electron chi connectivity index (χ1n) is 8.98. The fourth-order valence-electron chi connectivity index (χ4n) is 3.05. The molecule has 6 heteroatoms. The lowest BCUT2D eigenvalue weighted by molar-refractivity contribution is -0.136. The maximum Gasteiger partial charge on any atom is 0.335 e. The minimum atomic E-state index is -2.51. The summed E-state index contributed by atoms with van der Waals surface area (Å²) in [6.07, 6.45) is -2.51. The van der Waals surface area contributed by atoms with Gasteiger partial charge in [0.15, 0.2) is 0 Å². The summed E-state index contributed by atoms with van der Waals surface area (Å²) in [6, 6.07) is 26.5. The van der Waals surface area contributed by atoms with Crippen molar-refractivity contribution in [1.29, 1.82) is 0 Å². The van der Waals surface area contributed by atoms with Crippen molar-refractivity contribution in [2.24, 2.45) is 0 Å². The Morgan fingerprint density at radius 1 is 0.966 bits per heavy atom. The fourth-order valence-corrected chi connectivity index (χ4v) is 6.78. The van der Waals surface area contributed by atoms with Crippen molar-refractivity contribution in [3.63, 3.8) is 0 Å². The van der Waals surface area contributed by atoms with Crippen LogP contribution in [0.5, 0.6) is 0 Å². The van der Waals surface area contributed by atoms with Gasteiger partial charge in [0.25, 0.3) is 0 Å². The van der Waals surface area contributed by atoms with Crippen LogP contribution in [0.15, 0.2) is 97.1 Å². The van der Waals surface area contributed by atoms with E-state index in [0.29, 0.717) is 5.02 Å². The quantitative estimate of drug-likeness (QED) is 0.326. The molecule has 0 saturated carbocycles. The molecule has 3 nitrogen and oxygen atoms in total. The Bertz CT molecular complexity index is 1010. The van der Waals surface area contributed by atoms with Crippen LogP contribution in [0.25, 0.3) is 0 Å². The molecular weight excluding hydrogens is 421 g/mol. The number of nitrogens with one attached hydrogen (secondary N) is 1. The van der Waals surface area contributed by atoms with Gasteiger partial charge in [-0.3, -0.25) is 5.09 Å². The van der Waals surface area contributed by atoms with Crippen molar-refractivity contribution < 1.29 is 9.53 Å². The molecule has 3 rings (SSSR count). The molecule has 1 unspecified atom stereocenters. The van der Waals surface area contributed by atoms with Gasteiger partial charge in [0.05, 0.1) is 24.9 Å². The Morgan fingerprint density at radius 2 is 1.45 bits per heavy atom. The van der Waals surface area contributed by atoms with E-state index in [4.69, 9.17) is 28.1 Å². The first-order chi connectivity index (χ1) is 14.0. The van der Waals surface area contributed by atoms with Crippen molar-refractivity contribution in [2.45, 2.75) is 6.04 Å². The van der Waals surface area contributed by atoms with Gasteiger partial charge < -0.3 is 4.74 Å². The SMILES string of the molecule is C=C(C(=O)OC)C(NP(=S)(c1ccccc1)c1ccccc1)c1ccccc1Cl. The van der Waals surface area contributed by atoms with Gasteiger partial charge in [0, 0.05) is 15.6 Å². The third kappa shape index (κ3) is 4.68. The molecule has 0 heterocycles. The van der Waals surface area contributed by atoms with E-state index in [-0.39, 0.29) is 5.57 Å². The molecule has 148 valence electrons. The molecule has 0 aromatic heterocycles. The van der Waals surface area contributed by atoms with Crippen molar-refractivity contribution in [3.05, 3.63) is 108 Å². The van der Waals surface area contributed by atoms with E-state index in [0.717, 1.165) is 16.2 Å². The maximum absolute atomic E-state index is 12.4. The third-order valence-corrected chi connectivity index (χ3v) is 9.16. The molecule has 0 radical (unpaired) electrons. The molecule has 3 aromatic rings. The molecule has 0 amide bonds. The zero-order valence-corrected chi connectivity index (χ0v) is 18.4. The van der Waals surface area contributed by atoms with Gasteiger partial charge in [-0.25, -0.2) is 4.79 Å². The highest BCUT2D eigenvalue weighted by atomic mass is 35.5. The topological polar surface area (TPSA) is 38.3 Å². The van der Waals surface area contributed by atoms with Gasteiger partial charge in [-0.05, 0) is 11.6 Å². The van der Waals surface area contributed by atoms with Crippen molar-refractivity contribution >= 4 is 46.2 Å². The lowest BCUT2D eigenvalue weighted by Gasteiger charge is -2.31. The highest BCUT2D eigenvalue weighted by molar-refractivity contribution is 8.20. The number of ether oxygens (including phenoxy) is 1. The van der Waals surface area contributed by atoms with Gasteiger partial charge in [-0.1, -0.05) is 109 Å². The molecular formula is C23H21ClNO2PS. The molecule has 0 aliphatic heterocycles. The summed E-state index contributed by atoms with van der Waals surface area (Å²) < 4.78 is 4.94. The second-order valence-electron chi connectivity index (χ2n) is 6.38. The van der Waals surface area contributed by atoms with Crippen molar-refractivity contribution in [3.8, 4) is 0 Å². The Hall–Kier alpha value is -2.23. The second-order valence-corrected chi connectivity index (χ2v) is 10.9. The van der Waals surface area contributed by atoms with E-state index >= 15 is 0 Å². The number of halogens is 1. The molecule has 0 aliphatic rings. The van der Waals surface area contributed by atoms with E-state index in [1.165, 1.54) is 7.11 Å². The van der Waals surface area contributed by atoms with Gasteiger partial charge in [-0.2, -0.15) is 0 Å². The summed E-state index contributed by atoms with van der Waals surface area (Å²) in [5.41, 5.74) is 0.979. The fraction of sp³-hybridized carbons (Fsp3) is 0.0870. The van der Waals surface area contributed by atoms with Crippen LogP contribution in [-0.2, 0) is 21.3 Å². The van der Waals surface area contributed by atoms with Gasteiger partial charge in [0.1, 0.15) is 0 Å². The van der Waals surface area contributed by atoms with Crippen LogP contribution in [0.4, 0.5) is 0 Å². The number of methoxy groups -OCH3 is 1. The number of hydrogen-bond donors (Lipinski definition) is 1. The summed E-state index contributed by atoms with van der Waals surface area (Å²) in [5.74, 6) is -0.509. The van der Waals surface area contributed by atoms with Gasteiger partial charge in [-0.15, -0.1) is 0 Å². The zero-order chi connectivity index (χ0) is 20.9. The predicted molar refractivity (Wildman–Crippen MR) is 125 cm³/mol. The van der Waals surface area contributed by atoms with E-state index in [1.54, 1.807) is 6.07 Å². The molecule has 0 saturated heterocycles. The molecule has 3 aromatic carbocycles. The summed E-state index contributed by atoms with van der Waals surface area (Å²) in [5, 5.41) is 6.07. The van der Waals surface area contributed by atoms with E-state index < -0.39 is 18.2 Å². The predicted octanol–water partition coefficient (Wildman–Crippen LogP) is 4.75. The monoisotopic (exact) mass is 441 g/mol. The number of hydrogen-bond acceptors (Lipinski definition) is 3. The Morgan fingerprint density at radius 3 is 1.93 bits per heavy atom. The number of benzene rings is 3. The van der Waals surface area contributed by atoms with E-state index in [1.807, 2.05) is 78.9 Å². The second kappa shape index (κ2) is 9.51. The number of carbonyl (C=O) groups is 1. The average Bonchev–Trinajstić information content (AvgIpc) is 2.78. The normalized spacial score (nSPS) is 12.2. The highest BCUT2D eigenvalue weighted by Crippen LogP contribution is 2.44. The first-order valence-corrected chi connectivity index (χ1v) is 12.2. The largest absolute Gasteiger partial charge is 0.466 e. The minimum absolute atomic E-state index is 0.252. The van der Waals surface area contributed by atoms with Crippen LogP contribution in [-0.4, -0.2) is 13.1 Å². The van der Waals surface area contributed by atoms with Crippen LogP contribution in [0, 0.1) is 0 Å². The van der Waals surface area contributed by atoms with Crippen LogP contribution in [0.1, 0.15) is 11.6 Å². The summed E-state index contributed by atoms with van der Waals surface area (Å²) in [4.78, 5) is 12.4. The average molecular weight is 442 g/mol. The smallest absolute Gasteiger partial charge is 0.335 e. The van der Waals surface area contributed by atoms with E-state index in [2.05, 4.69) is 11.7 Å². The van der Waals surface area contributed by atoms with Crippen molar-refractivity contribution in [2.75, 3.05) is 7.11 Å². The number of esters is 1. The Kier molecular flexibility index (Phi) is 7.05. The molecule has 1 atom stereocenters. The molecule has 0 spiro atoms. The van der Waals surface area contributed by atoms with Crippen molar-refractivity contribution in [1.82, 2.24) is 5.09 Å². The lowest BCUT2D eigenvalue weighted by Crippen LogP contribution is -2.33. The van der Waals surface area contributed by atoms with Crippen LogP contribution in [0.3, 0.4) is 0 Å². The summed E-state index contributed by atoms with van der Waals surface area (Å²) in [7, 11) is 1.33. The third-order valence-electron chi connectivity index (χ3n) is 4.56. The highest BCUT2D eigenvalue weighted by Gasteiger charge is 2.31. The Balaban J connectivity index is 2.16. The zero-order valence-electron chi connectivity index (χ0n) is 15.9. The Labute approximate surface area is 181 Å². The molecule has 0 fully saturated rings. The lowest BCUT2D eigenvalue weighted by atomic mass is 10.0. The molecule has 0 bridgehead atoms. The van der Waals surface area contributed by atoms with Gasteiger partial charge >= 0.3 is 5.97 Å². The maximum atomic E-state index is 12.4. The standard InChI is InChI=1S/C23H21ClNO2PS/c1-17(23(26)27-2)22(20-15-9-10-16-21(20)24)25-28(29,18-11-5-3-6-12-18)19-13-7-4-8-14-19/h3-16,22H,1H2,2H3,(H,25,29). The van der Waals surface area contributed by atoms with Gasteiger partial charge in [0.2, 0.25) is 0 Å². The molecule has 1 N–H and O–H groups in total. The number of rotatable bonds is 7. The summed E-state index contributed by atoms with van der Waals surface area (Å²) in [6.45, 7) is 3.99. The first kappa shape index (κ1) is 21.5. The van der Waals surface area contributed by atoms with Crippen LogP contribution in [0.2, 0.25) is 5.02 Å². The van der Waals surface area contributed by atoms with Crippen LogP contribution >= 0.6 is 17.8 Å². The van der Waals surface area contributed by atoms with E-state index in [9.17, 15) is 4.79 Å². The summed E-state index contributed by atoms with van der Waals surface area (Å²) >= 11 is 12.7. The number of carbonyl (C=O) groups excluding carboxylic acids is 1. The minimum Gasteiger partial charge on any atom is -0.466 e. The van der Waals surface area contributed by atoms with Crippen LogP contribution < -0.4 is 15.7 Å². The molecule has 29 heavy (non-hydrogen) atoms.